The second-order valence-corrected chi connectivity index (χ2v) is 9.25. The molecule has 32 heavy (non-hydrogen) atoms. The molecule has 1 aromatic heterocycles. The van der Waals surface area contributed by atoms with E-state index in [2.05, 4.69) is 36.0 Å². The number of hydrogen-bond acceptors (Lipinski definition) is 5. The minimum Gasteiger partial charge on any atom is -0.497 e. The lowest BCUT2D eigenvalue weighted by molar-refractivity contribution is 0.0297. The van der Waals surface area contributed by atoms with Crippen molar-refractivity contribution < 1.29 is 14.3 Å². The molecule has 2 heterocycles. The number of nitrogens with zero attached hydrogens (tertiary/aromatic N) is 3. The SMILES string of the molecule is COc1ccc(CCN[C@@H]2CCc3c(c(C(=O)N4CCOCC4)nn3CC(C)C)C2)cc1. The van der Waals surface area contributed by atoms with Crippen LogP contribution in [0.15, 0.2) is 24.3 Å². The summed E-state index contributed by atoms with van der Waals surface area (Å²) in [4.78, 5) is 15.2. The molecule has 0 unspecified atom stereocenters. The standard InChI is InChI=1S/C25H36N4O3/c1-18(2)17-29-23-9-6-20(26-11-10-19-4-7-21(31-3)8-5-19)16-22(23)24(27-29)25(30)28-12-14-32-15-13-28/h4-5,7-8,18,20,26H,6,9-17H2,1-3H3/t20-/m1/s1. The van der Waals surface area contributed by atoms with Gasteiger partial charge < -0.3 is 19.7 Å². The molecule has 1 fully saturated rings. The predicted molar refractivity (Wildman–Crippen MR) is 124 cm³/mol. The number of morpholine rings is 1. The maximum atomic E-state index is 13.3. The van der Waals surface area contributed by atoms with Crippen LogP contribution >= 0.6 is 0 Å². The number of amides is 1. The molecule has 7 nitrogen and oxygen atoms in total. The second kappa shape index (κ2) is 10.5. The van der Waals surface area contributed by atoms with Gasteiger partial charge in [-0.15, -0.1) is 0 Å². The van der Waals surface area contributed by atoms with Crippen molar-refractivity contribution >= 4 is 5.91 Å². The summed E-state index contributed by atoms with van der Waals surface area (Å²) in [5.74, 6) is 1.44. The molecule has 0 bridgehead atoms. The highest BCUT2D eigenvalue weighted by atomic mass is 16.5. The van der Waals surface area contributed by atoms with E-state index < -0.39 is 0 Å². The predicted octanol–water partition coefficient (Wildman–Crippen LogP) is 2.71. The molecule has 1 amide bonds. The van der Waals surface area contributed by atoms with E-state index in [1.165, 1.54) is 11.3 Å². The molecular formula is C25H36N4O3. The van der Waals surface area contributed by atoms with Gasteiger partial charge in [-0.1, -0.05) is 26.0 Å². The van der Waals surface area contributed by atoms with Crippen molar-refractivity contribution in [3.05, 3.63) is 46.8 Å². The van der Waals surface area contributed by atoms with E-state index in [9.17, 15) is 4.79 Å². The Morgan fingerprint density at radius 1 is 1.25 bits per heavy atom. The largest absolute Gasteiger partial charge is 0.497 e. The molecule has 1 saturated heterocycles. The highest BCUT2D eigenvalue weighted by Crippen LogP contribution is 2.27. The van der Waals surface area contributed by atoms with Gasteiger partial charge in [-0.3, -0.25) is 9.48 Å². The lowest BCUT2D eigenvalue weighted by Gasteiger charge is -2.28. The maximum absolute atomic E-state index is 13.3. The first-order chi connectivity index (χ1) is 15.5. The van der Waals surface area contributed by atoms with Crippen LogP contribution in [-0.4, -0.2) is 66.6 Å². The Morgan fingerprint density at radius 2 is 2.00 bits per heavy atom. The molecule has 1 aliphatic heterocycles. The summed E-state index contributed by atoms with van der Waals surface area (Å²) >= 11 is 0. The van der Waals surface area contributed by atoms with Gasteiger partial charge in [-0.2, -0.15) is 5.10 Å². The first-order valence-corrected chi connectivity index (χ1v) is 11.9. The van der Waals surface area contributed by atoms with Gasteiger partial charge in [0.25, 0.3) is 5.91 Å². The zero-order valence-electron chi connectivity index (χ0n) is 19.6. The van der Waals surface area contributed by atoms with Crippen LogP contribution in [0.3, 0.4) is 0 Å². The van der Waals surface area contributed by atoms with E-state index in [1.807, 2.05) is 17.0 Å². The fourth-order valence-corrected chi connectivity index (χ4v) is 4.66. The summed E-state index contributed by atoms with van der Waals surface area (Å²) in [5, 5.41) is 8.55. The Morgan fingerprint density at radius 3 is 2.69 bits per heavy atom. The summed E-state index contributed by atoms with van der Waals surface area (Å²) in [6.45, 7) is 8.68. The Bertz CT molecular complexity index is 901. The lowest BCUT2D eigenvalue weighted by atomic mass is 9.90. The molecule has 0 spiro atoms. The monoisotopic (exact) mass is 440 g/mol. The van der Waals surface area contributed by atoms with Crippen LogP contribution < -0.4 is 10.1 Å². The van der Waals surface area contributed by atoms with Gasteiger partial charge in [0.15, 0.2) is 5.69 Å². The van der Waals surface area contributed by atoms with E-state index in [-0.39, 0.29) is 5.91 Å². The summed E-state index contributed by atoms with van der Waals surface area (Å²) in [7, 11) is 1.69. The number of carbonyl (C=O) groups is 1. The van der Waals surface area contributed by atoms with Crippen molar-refractivity contribution in [1.29, 1.82) is 0 Å². The van der Waals surface area contributed by atoms with E-state index in [1.54, 1.807) is 7.11 Å². The summed E-state index contributed by atoms with van der Waals surface area (Å²) < 4.78 is 12.8. The average Bonchev–Trinajstić information content (AvgIpc) is 3.16. The van der Waals surface area contributed by atoms with Crippen molar-refractivity contribution in [1.82, 2.24) is 20.0 Å². The minimum atomic E-state index is 0.0611. The number of ether oxygens (including phenoxy) is 2. The maximum Gasteiger partial charge on any atom is 0.274 e. The summed E-state index contributed by atoms with van der Waals surface area (Å²) in [5.41, 5.74) is 4.35. The van der Waals surface area contributed by atoms with Crippen LogP contribution in [0.1, 0.15) is 47.6 Å². The number of methoxy groups -OCH3 is 1. The van der Waals surface area contributed by atoms with Gasteiger partial charge in [0.2, 0.25) is 0 Å². The molecule has 1 aliphatic carbocycles. The molecular weight excluding hydrogens is 404 g/mol. The number of benzene rings is 1. The molecule has 2 aromatic rings. The number of hydrogen-bond donors (Lipinski definition) is 1. The Kier molecular flexibility index (Phi) is 7.48. The fourth-order valence-electron chi connectivity index (χ4n) is 4.66. The summed E-state index contributed by atoms with van der Waals surface area (Å²) in [6.07, 6.45) is 3.87. The Hall–Kier alpha value is -2.38. The van der Waals surface area contributed by atoms with Gasteiger partial charge in [-0.05, 0) is 55.8 Å². The van der Waals surface area contributed by atoms with Gasteiger partial charge in [0.05, 0.1) is 20.3 Å². The van der Waals surface area contributed by atoms with E-state index >= 15 is 0 Å². The number of aromatic nitrogens is 2. The lowest BCUT2D eigenvalue weighted by Crippen LogP contribution is -2.42. The van der Waals surface area contributed by atoms with Crippen LogP contribution in [0.4, 0.5) is 0 Å². The van der Waals surface area contributed by atoms with Crippen LogP contribution in [0.25, 0.3) is 0 Å². The quantitative estimate of drug-likeness (QED) is 0.684. The van der Waals surface area contributed by atoms with Crippen LogP contribution in [-0.2, 0) is 30.5 Å². The van der Waals surface area contributed by atoms with Gasteiger partial charge in [0, 0.05) is 36.9 Å². The van der Waals surface area contributed by atoms with Crippen molar-refractivity contribution in [2.24, 2.45) is 5.92 Å². The molecule has 2 aliphatic rings. The number of rotatable bonds is 8. The highest BCUT2D eigenvalue weighted by Gasteiger charge is 2.31. The van der Waals surface area contributed by atoms with Gasteiger partial charge in [0.1, 0.15) is 5.75 Å². The zero-order valence-corrected chi connectivity index (χ0v) is 19.6. The van der Waals surface area contributed by atoms with Crippen molar-refractivity contribution in [3.8, 4) is 5.75 Å². The molecule has 4 rings (SSSR count). The molecule has 1 N–H and O–H groups in total. The molecule has 0 radical (unpaired) electrons. The fraction of sp³-hybridized carbons (Fsp3) is 0.600. The van der Waals surface area contributed by atoms with Crippen LogP contribution in [0, 0.1) is 5.92 Å². The van der Waals surface area contributed by atoms with Crippen molar-refractivity contribution in [3.63, 3.8) is 0 Å². The topological polar surface area (TPSA) is 68.6 Å². The van der Waals surface area contributed by atoms with Crippen LogP contribution in [0.2, 0.25) is 0 Å². The van der Waals surface area contributed by atoms with Crippen molar-refractivity contribution in [2.45, 2.75) is 52.1 Å². The number of fused-ring (bicyclic) bond motifs is 1. The third-order valence-electron chi connectivity index (χ3n) is 6.39. The third-order valence-corrected chi connectivity index (χ3v) is 6.39. The normalized spacial score (nSPS) is 18.6. The Balaban J connectivity index is 1.43. The van der Waals surface area contributed by atoms with E-state index in [0.717, 1.165) is 50.1 Å². The van der Waals surface area contributed by atoms with Crippen molar-refractivity contribution in [2.75, 3.05) is 40.0 Å². The minimum absolute atomic E-state index is 0.0611. The molecule has 1 atom stereocenters. The highest BCUT2D eigenvalue weighted by molar-refractivity contribution is 5.94. The van der Waals surface area contributed by atoms with E-state index in [0.29, 0.717) is 44.0 Å². The molecule has 7 heteroatoms. The third kappa shape index (κ3) is 5.33. The first kappa shape index (κ1) is 22.8. The zero-order chi connectivity index (χ0) is 22.5. The summed E-state index contributed by atoms with van der Waals surface area (Å²) in [6, 6.07) is 8.63. The molecule has 174 valence electrons. The average molecular weight is 441 g/mol. The smallest absolute Gasteiger partial charge is 0.274 e. The van der Waals surface area contributed by atoms with Gasteiger partial charge >= 0.3 is 0 Å². The van der Waals surface area contributed by atoms with Crippen LogP contribution in [0.5, 0.6) is 5.75 Å². The molecule has 0 saturated carbocycles. The van der Waals surface area contributed by atoms with Gasteiger partial charge in [-0.25, -0.2) is 0 Å². The number of carbonyl (C=O) groups excluding carboxylic acids is 1. The number of nitrogens with one attached hydrogen (secondary N) is 1. The second-order valence-electron chi connectivity index (χ2n) is 9.25. The van der Waals surface area contributed by atoms with E-state index in [4.69, 9.17) is 14.6 Å². The molecule has 1 aromatic carbocycles. The first-order valence-electron chi connectivity index (χ1n) is 11.9. The Labute approximate surface area is 191 Å².